The summed E-state index contributed by atoms with van der Waals surface area (Å²) in [5.41, 5.74) is 3.08. The molecule has 0 unspecified atom stereocenters. The maximum atomic E-state index is 13.7. The van der Waals surface area contributed by atoms with Gasteiger partial charge in [0.1, 0.15) is 11.4 Å². The van der Waals surface area contributed by atoms with Gasteiger partial charge in [0.15, 0.2) is 0 Å². The number of halogens is 1. The van der Waals surface area contributed by atoms with Gasteiger partial charge in [0.05, 0.1) is 16.8 Å². The molecule has 0 bridgehead atoms. The third kappa shape index (κ3) is 6.01. The summed E-state index contributed by atoms with van der Waals surface area (Å²) < 4.78 is 8.78. The summed E-state index contributed by atoms with van der Waals surface area (Å²) >= 11 is 3.67. The van der Waals surface area contributed by atoms with Crippen LogP contribution in [0, 0.1) is 0 Å². The molecular formula is C26H35BrN4O2. The molecule has 1 aromatic carbocycles. The first-order chi connectivity index (χ1) is 16.0. The predicted octanol–water partition coefficient (Wildman–Crippen LogP) is 5.74. The topological polar surface area (TPSA) is 59.7 Å². The average molecular weight is 515 g/mol. The predicted molar refractivity (Wildman–Crippen MR) is 136 cm³/mol. The molecule has 0 spiro atoms. The highest BCUT2D eigenvalue weighted by molar-refractivity contribution is 9.10. The van der Waals surface area contributed by atoms with Crippen LogP contribution in [0.25, 0.3) is 5.78 Å². The molecule has 178 valence electrons. The maximum absolute atomic E-state index is 13.7. The van der Waals surface area contributed by atoms with Crippen LogP contribution in [0.4, 0.5) is 0 Å². The first-order valence-corrected chi connectivity index (χ1v) is 12.9. The highest BCUT2D eigenvalue weighted by atomic mass is 79.9. The van der Waals surface area contributed by atoms with Gasteiger partial charge in [0.2, 0.25) is 11.6 Å². The summed E-state index contributed by atoms with van der Waals surface area (Å²) in [6.45, 7) is 12.4. The van der Waals surface area contributed by atoms with E-state index in [0.29, 0.717) is 23.6 Å². The van der Waals surface area contributed by atoms with E-state index >= 15 is 0 Å². The Balaban J connectivity index is 1.87. The Morgan fingerprint density at radius 2 is 1.94 bits per heavy atom. The van der Waals surface area contributed by atoms with Crippen LogP contribution in [0.15, 0.2) is 35.1 Å². The van der Waals surface area contributed by atoms with E-state index < -0.39 is 0 Å². The fraction of sp³-hybridized carbons (Fsp3) is 0.500. The van der Waals surface area contributed by atoms with Crippen LogP contribution in [-0.4, -0.2) is 51.3 Å². The van der Waals surface area contributed by atoms with E-state index in [1.54, 1.807) is 6.20 Å². The van der Waals surface area contributed by atoms with Gasteiger partial charge >= 0.3 is 0 Å². The van der Waals surface area contributed by atoms with Crippen LogP contribution in [0.1, 0.15) is 74.3 Å². The molecule has 0 aliphatic carbocycles. The number of fused-ring (bicyclic) bond motifs is 1. The molecule has 0 aliphatic heterocycles. The number of imidazole rings is 1. The number of hydrogen-bond donors (Lipinski definition) is 0. The Hall–Kier alpha value is -2.25. The largest absolute Gasteiger partial charge is 0.492 e. The monoisotopic (exact) mass is 514 g/mol. The summed E-state index contributed by atoms with van der Waals surface area (Å²) in [5.74, 6) is 1.36. The number of ketones is 1. The van der Waals surface area contributed by atoms with Crippen molar-refractivity contribution in [1.29, 1.82) is 0 Å². The van der Waals surface area contributed by atoms with Gasteiger partial charge in [-0.15, -0.1) is 0 Å². The zero-order chi connectivity index (χ0) is 23.8. The minimum Gasteiger partial charge on any atom is -0.492 e. The molecule has 33 heavy (non-hydrogen) atoms. The molecule has 0 atom stereocenters. The lowest BCUT2D eigenvalue weighted by Crippen LogP contribution is -2.25. The number of ether oxygens (including phenoxy) is 1. The standard InChI is InChI=1S/C26H35BrN4O2/c1-5-9-12-22-23(31-15-10-13-28-26(31)29-22)24(32)20-17-19(6-2)25(21(27)18-20)33-16-11-14-30(7-3)8-4/h10,13,15,17-18H,5-9,11-12,14,16H2,1-4H3. The summed E-state index contributed by atoms with van der Waals surface area (Å²) in [7, 11) is 0. The zero-order valence-corrected chi connectivity index (χ0v) is 21.8. The molecule has 0 saturated heterocycles. The van der Waals surface area contributed by atoms with Crippen molar-refractivity contribution in [2.24, 2.45) is 0 Å². The van der Waals surface area contributed by atoms with Crippen LogP contribution in [-0.2, 0) is 12.8 Å². The lowest BCUT2D eigenvalue weighted by atomic mass is 10.0. The SMILES string of the molecule is CCCCc1nc2ncccn2c1C(=O)c1cc(Br)c(OCCCN(CC)CC)c(CC)c1. The van der Waals surface area contributed by atoms with Crippen molar-refractivity contribution in [1.82, 2.24) is 19.3 Å². The fourth-order valence-corrected chi connectivity index (χ4v) is 4.65. The van der Waals surface area contributed by atoms with Crippen molar-refractivity contribution in [2.75, 3.05) is 26.2 Å². The third-order valence-corrected chi connectivity index (χ3v) is 6.57. The van der Waals surface area contributed by atoms with Crippen molar-refractivity contribution in [2.45, 2.75) is 59.8 Å². The van der Waals surface area contributed by atoms with Gasteiger partial charge in [-0.25, -0.2) is 9.97 Å². The molecule has 0 amide bonds. The first-order valence-electron chi connectivity index (χ1n) is 12.1. The Labute approximate surface area is 205 Å². The molecular weight excluding hydrogens is 480 g/mol. The van der Waals surface area contributed by atoms with Crippen LogP contribution in [0.5, 0.6) is 5.75 Å². The van der Waals surface area contributed by atoms with Gasteiger partial charge in [-0.05, 0) is 78.5 Å². The van der Waals surface area contributed by atoms with Crippen LogP contribution in [0.2, 0.25) is 0 Å². The Morgan fingerprint density at radius 3 is 2.64 bits per heavy atom. The van der Waals surface area contributed by atoms with E-state index in [0.717, 1.165) is 73.2 Å². The van der Waals surface area contributed by atoms with Gasteiger partial charge in [-0.1, -0.05) is 34.1 Å². The summed E-state index contributed by atoms with van der Waals surface area (Å²) in [6, 6.07) is 5.67. The lowest BCUT2D eigenvalue weighted by Gasteiger charge is -2.19. The average Bonchev–Trinajstić information content (AvgIpc) is 3.21. The normalized spacial score (nSPS) is 11.5. The van der Waals surface area contributed by atoms with E-state index in [1.807, 2.05) is 28.8 Å². The second kappa shape index (κ2) is 12.3. The van der Waals surface area contributed by atoms with Crippen molar-refractivity contribution < 1.29 is 9.53 Å². The molecule has 0 N–H and O–H groups in total. The number of carbonyl (C=O) groups excluding carboxylic acids is 1. The zero-order valence-electron chi connectivity index (χ0n) is 20.2. The molecule has 0 radical (unpaired) electrons. The van der Waals surface area contributed by atoms with Crippen LogP contribution in [0.3, 0.4) is 0 Å². The molecule has 0 fully saturated rings. The number of hydrogen-bond acceptors (Lipinski definition) is 5. The molecule has 7 heteroatoms. The number of aryl methyl sites for hydroxylation is 2. The van der Waals surface area contributed by atoms with Gasteiger partial charge in [-0.3, -0.25) is 9.20 Å². The van der Waals surface area contributed by atoms with Crippen LogP contribution < -0.4 is 4.74 Å². The third-order valence-electron chi connectivity index (χ3n) is 5.98. The molecule has 0 aliphatic rings. The molecule has 0 saturated carbocycles. The quantitative estimate of drug-likeness (QED) is 0.215. The molecule has 3 aromatic rings. The van der Waals surface area contributed by atoms with Gasteiger partial charge in [0, 0.05) is 24.5 Å². The Kier molecular flexibility index (Phi) is 9.44. The minimum atomic E-state index is -0.0370. The molecule has 2 heterocycles. The van der Waals surface area contributed by atoms with E-state index in [4.69, 9.17) is 4.74 Å². The smallest absolute Gasteiger partial charge is 0.234 e. The van der Waals surface area contributed by atoms with Crippen molar-refractivity contribution >= 4 is 27.5 Å². The van der Waals surface area contributed by atoms with Gasteiger partial charge < -0.3 is 9.64 Å². The highest BCUT2D eigenvalue weighted by Gasteiger charge is 2.23. The van der Waals surface area contributed by atoms with E-state index in [-0.39, 0.29) is 5.78 Å². The Morgan fingerprint density at radius 1 is 1.15 bits per heavy atom. The minimum absolute atomic E-state index is 0.0370. The number of carbonyl (C=O) groups is 1. The summed E-state index contributed by atoms with van der Waals surface area (Å²) in [5, 5.41) is 0. The van der Waals surface area contributed by atoms with Crippen molar-refractivity contribution in [3.05, 3.63) is 57.6 Å². The maximum Gasteiger partial charge on any atom is 0.234 e. The molecule has 2 aromatic heterocycles. The second-order valence-electron chi connectivity index (χ2n) is 8.16. The van der Waals surface area contributed by atoms with E-state index in [9.17, 15) is 4.79 Å². The number of aromatic nitrogens is 3. The van der Waals surface area contributed by atoms with Crippen molar-refractivity contribution in [3.63, 3.8) is 0 Å². The number of benzene rings is 1. The number of rotatable bonds is 13. The molecule has 3 rings (SSSR count). The lowest BCUT2D eigenvalue weighted by molar-refractivity contribution is 0.103. The second-order valence-corrected chi connectivity index (χ2v) is 9.01. The number of unbranched alkanes of at least 4 members (excludes halogenated alkanes) is 1. The van der Waals surface area contributed by atoms with Gasteiger partial charge in [0.25, 0.3) is 0 Å². The van der Waals surface area contributed by atoms with Crippen LogP contribution >= 0.6 is 15.9 Å². The molecule has 6 nitrogen and oxygen atoms in total. The highest BCUT2D eigenvalue weighted by Crippen LogP contribution is 2.33. The van der Waals surface area contributed by atoms with E-state index in [1.165, 1.54) is 0 Å². The Bertz CT molecular complexity index is 1080. The number of nitrogens with zero attached hydrogens (tertiary/aromatic N) is 4. The summed E-state index contributed by atoms with van der Waals surface area (Å²) in [4.78, 5) is 25.1. The fourth-order valence-electron chi connectivity index (χ4n) is 4.04. The van der Waals surface area contributed by atoms with E-state index in [2.05, 4.69) is 58.5 Å². The van der Waals surface area contributed by atoms with Gasteiger partial charge in [-0.2, -0.15) is 0 Å². The van der Waals surface area contributed by atoms with Crippen molar-refractivity contribution in [3.8, 4) is 5.75 Å². The summed E-state index contributed by atoms with van der Waals surface area (Å²) in [6.07, 6.45) is 8.10. The first kappa shape index (κ1) is 25.4.